The molecule has 0 amide bonds. The van der Waals surface area contributed by atoms with Gasteiger partial charge in [0.1, 0.15) is 0 Å². The molecule has 0 bridgehead atoms. The van der Waals surface area contributed by atoms with E-state index in [0.717, 1.165) is 29.5 Å². The van der Waals surface area contributed by atoms with Crippen molar-refractivity contribution in [3.05, 3.63) is 34.4 Å². The summed E-state index contributed by atoms with van der Waals surface area (Å²) >= 11 is 0. The van der Waals surface area contributed by atoms with Crippen LogP contribution >= 0.6 is 0 Å². The number of ether oxygens (including phenoxy) is 1. The average molecular weight is 330 g/mol. The summed E-state index contributed by atoms with van der Waals surface area (Å²) in [4.78, 5) is 0. The van der Waals surface area contributed by atoms with Crippen molar-refractivity contribution in [3.63, 3.8) is 0 Å². The number of hydrogen-bond acceptors (Lipinski definition) is 3. The van der Waals surface area contributed by atoms with Crippen LogP contribution in [-0.4, -0.2) is 17.3 Å². The van der Waals surface area contributed by atoms with Gasteiger partial charge in [-0.05, 0) is 54.6 Å². The van der Waals surface area contributed by atoms with E-state index in [9.17, 15) is 10.2 Å². The summed E-state index contributed by atoms with van der Waals surface area (Å²) in [6.07, 6.45) is 6.21. The summed E-state index contributed by atoms with van der Waals surface area (Å²) in [6.45, 7) is 8.74. The molecule has 1 aromatic rings. The van der Waals surface area contributed by atoms with Crippen LogP contribution in [0.3, 0.4) is 0 Å². The number of methoxy groups -OCH3 is 1. The lowest BCUT2D eigenvalue weighted by Crippen LogP contribution is -2.29. The molecule has 0 saturated carbocycles. The van der Waals surface area contributed by atoms with E-state index in [-0.39, 0.29) is 28.9 Å². The third kappa shape index (κ3) is 2.73. The maximum absolute atomic E-state index is 10.7. The molecule has 2 N–H and O–H groups in total. The van der Waals surface area contributed by atoms with Gasteiger partial charge in [0.25, 0.3) is 0 Å². The Bertz CT molecular complexity index is 670. The molecular formula is C21H30O3. The molecule has 132 valence electrons. The van der Waals surface area contributed by atoms with Crippen molar-refractivity contribution in [2.75, 3.05) is 7.11 Å². The minimum Gasteiger partial charge on any atom is -0.504 e. The molecule has 0 heterocycles. The average Bonchev–Trinajstić information content (AvgIpc) is 2.67. The first-order valence-corrected chi connectivity index (χ1v) is 9.05. The number of rotatable bonds is 2. The van der Waals surface area contributed by atoms with Gasteiger partial charge in [-0.1, -0.05) is 39.3 Å². The van der Waals surface area contributed by atoms with Crippen molar-refractivity contribution in [2.24, 2.45) is 11.3 Å². The lowest BCUT2D eigenvalue weighted by atomic mass is 9.66. The zero-order valence-corrected chi connectivity index (χ0v) is 15.5. The van der Waals surface area contributed by atoms with E-state index in [4.69, 9.17) is 4.74 Å². The Kier molecular flexibility index (Phi) is 4.41. The van der Waals surface area contributed by atoms with Gasteiger partial charge in [0.15, 0.2) is 11.5 Å². The molecule has 0 saturated heterocycles. The van der Waals surface area contributed by atoms with Crippen LogP contribution < -0.4 is 0 Å². The van der Waals surface area contributed by atoms with E-state index >= 15 is 0 Å². The lowest BCUT2D eigenvalue weighted by molar-refractivity contribution is 0.0602. The lowest BCUT2D eigenvalue weighted by Gasteiger charge is -2.39. The Morgan fingerprint density at radius 2 is 1.92 bits per heavy atom. The van der Waals surface area contributed by atoms with Gasteiger partial charge in [0.2, 0.25) is 0 Å². The highest BCUT2D eigenvalue weighted by molar-refractivity contribution is 5.57. The van der Waals surface area contributed by atoms with E-state index in [1.807, 2.05) is 19.9 Å². The Morgan fingerprint density at radius 3 is 2.54 bits per heavy atom. The molecule has 2 aliphatic carbocycles. The van der Waals surface area contributed by atoms with Crippen molar-refractivity contribution in [2.45, 2.75) is 65.4 Å². The monoisotopic (exact) mass is 330 g/mol. The normalized spacial score (nSPS) is 25.7. The van der Waals surface area contributed by atoms with Gasteiger partial charge >= 0.3 is 0 Å². The maximum Gasteiger partial charge on any atom is 0.161 e. The van der Waals surface area contributed by atoms with E-state index in [1.54, 1.807) is 7.11 Å². The van der Waals surface area contributed by atoms with Crippen LogP contribution in [-0.2, 0) is 11.2 Å². The molecule has 0 spiro atoms. The predicted molar refractivity (Wildman–Crippen MR) is 96.5 cm³/mol. The second kappa shape index (κ2) is 6.11. The fourth-order valence-electron chi connectivity index (χ4n) is 4.53. The fraction of sp³-hybridized carbons (Fsp3) is 0.619. The number of aromatic hydroxyl groups is 2. The third-order valence-electron chi connectivity index (χ3n) is 6.11. The first kappa shape index (κ1) is 17.3. The summed E-state index contributed by atoms with van der Waals surface area (Å²) in [5, 5.41) is 21.2. The van der Waals surface area contributed by atoms with E-state index in [2.05, 4.69) is 19.9 Å². The Morgan fingerprint density at radius 1 is 1.21 bits per heavy atom. The van der Waals surface area contributed by atoms with Crippen LogP contribution in [0.4, 0.5) is 0 Å². The second-order valence-electron chi connectivity index (χ2n) is 8.38. The van der Waals surface area contributed by atoms with Crippen molar-refractivity contribution < 1.29 is 14.9 Å². The minimum absolute atomic E-state index is 0.0349. The fourth-order valence-corrected chi connectivity index (χ4v) is 4.53. The summed E-state index contributed by atoms with van der Waals surface area (Å²) in [7, 11) is 1.75. The number of hydrogen-bond donors (Lipinski definition) is 2. The molecule has 0 fully saturated rings. The van der Waals surface area contributed by atoms with E-state index in [1.165, 1.54) is 12.0 Å². The standard InChI is InChI=1S/C21H30O3/c1-12(2)14-10-15-16(20(23)19(14)22)9-13-7-6-8-21(3,4)17(13)11-18(15)24-5/h7,10,12,17-18,22-23H,6,8-9,11H2,1-5H3/t17-,18+/m1/s1. The van der Waals surface area contributed by atoms with Gasteiger partial charge in [0, 0.05) is 18.2 Å². The molecular weight excluding hydrogens is 300 g/mol. The van der Waals surface area contributed by atoms with Crippen LogP contribution in [0, 0.1) is 11.3 Å². The van der Waals surface area contributed by atoms with E-state index < -0.39 is 0 Å². The number of benzene rings is 1. The topological polar surface area (TPSA) is 49.7 Å². The van der Waals surface area contributed by atoms with Crippen molar-refractivity contribution in [1.82, 2.24) is 0 Å². The van der Waals surface area contributed by atoms with Crippen molar-refractivity contribution >= 4 is 0 Å². The molecule has 0 radical (unpaired) electrons. The van der Waals surface area contributed by atoms with Gasteiger partial charge in [-0.2, -0.15) is 0 Å². The highest BCUT2D eigenvalue weighted by Gasteiger charge is 2.40. The van der Waals surface area contributed by atoms with Gasteiger partial charge < -0.3 is 14.9 Å². The van der Waals surface area contributed by atoms with Crippen LogP contribution in [0.25, 0.3) is 0 Å². The highest BCUT2D eigenvalue weighted by atomic mass is 16.5. The van der Waals surface area contributed by atoms with Crippen LogP contribution in [0.5, 0.6) is 11.5 Å². The summed E-state index contributed by atoms with van der Waals surface area (Å²) in [5.74, 6) is 0.684. The van der Waals surface area contributed by atoms with E-state index in [0.29, 0.717) is 12.3 Å². The summed E-state index contributed by atoms with van der Waals surface area (Å²) in [6, 6.07) is 2.05. The molecule has 0 aromatic heterocycles. The van der Waals surface area contributed by atoms with Gasteiger partial charge in [-0.25, -0.2) is 0 Å². The highest BCUT2D eigenvalue weighted by Crippen LogP contribution is 2.52. The number of phenolic OH excluding ortho intramolecular Hbond substituents is 2. The van der Waals surface area contributed by atoms with Crippen molar-refractivity contribution in [3.8, 4) is 11.5 Å². The molecule has 0 unspecified atom stereocenters. The zero-order valence-electron chi connectivity index (χ0n) is 15.5. The quantitative estimate of drug-likeness (QED) is 0.577. The second-order valence-corrected chi connectivity index (χ2v) is 8.38. The molecule has 2 atom stereocenters. The molecule has 3 nitrogen and oxygen atoms in total. The first-order valence-electron chi connectivity index (χ1n) is 9.05. The van der Waals surface area contributed by atoms with Crippen LogP contribution in [0.2, 0.25) is 0 Å². The van der Waals surface area contributed by atoms with Crippen LogP contribution in [0.1, 0.15) is 75.7 Å². The number of phenols is 2. The van der Waals surface area contributed by atoms with Crippen LogP contribution in [0.15, 0.2) is 17.7 Å². The Labute approximate surface area is 145 Å². The van der Waals surface area contributed by atoms with Crippen molar-refractivity contribution in [1.29, 1.82) is 0 Å². The zero-order chi connectivity index (χ0) is 17.6. The smallest absolute Gasteiger partial charge is 0.161 e. The van der Waals surface area contributed by atoms with Gasteiger partial charge in [-0.15, -0.1) is 0 Å². The molecule has 3 heteroatoms. The Hall–Kier alpha value is -1.48. The number of allylic oxidation sites excluding steroid dienone is 2. The molecule has 0 aliphatic heterocycles. The number of fused-ring (bicyclic) bond motifs is 2. The largest absolute Gasteiger partial charge is 0.504 e. The van der Waals surface area contributed by atoms with Gasteiger partial charge in [-0.3, -0.25) is 0 Å². The SMILES string of the molecule is CO[C@H]1C[C@@H]2C(=CCCC2(C)C)Cc2c1cc(C(C)C)c(O)c2O. The predicted octanol–water partition coefficient (Wildman–Crippen LogP) is 5.22. The summed E-state index contributed by atoms with van der Waals surface area (Å²) in [5.41, 5.74) is 4.31. The third-order valence-corrected chi connectivity index (χ3v) is 6.11. The summed E-state index contributed by atoms with van der Waals surface area (Å²) < 4.78 is 5.85. The minimum atomic E-state index is -0.0442. The Balaban J connectivity index is 2.17. The molecule has 24 heavy (non-hydrogen) atoms. The first-order chi connectivity index (χ1) is 11.3. The maximum atomic E-state index is 10.7. The van der Waals surface area contributed by atoms with Gasteiger partial charge in [0.05, 0.1) is 6.10 Å². The molecule has 1 aromatic carbocycles. The molecule has 3 rings (SSSR count). The molecule has 2 aliphatic rings.